The normalized spacial score (nSPS) is 15.8. The molecule has 100 valence electrons. The van der Waals surface area contributed by atoms with Crippen LogP contribution in [0.2, 0.25) is 0 Å². The van der Waals surface area contributed by atoms with Crippen LogP contribution >= 0.6 is 0 Å². The Labute approximate surface area is 111 Å². The Morgan fingerprint density at radius 2 is 2.00 bits per heavy atom. The first-order valence-corrected chi connectivity index (χ1v) is 8.24. The minimum Gasteiger partial charge on any atom is -0.459 e. The third kappa shape index (κ3) is 2.42. The second-order valence-electron chi connectivity index (χ2n) is 5.11. The number of para-hydroxylation sites is 1. The molecule has 0 spiro atoms. The van der Waals surface area contributed by atoms with E-state index in [0.29, 0.717) is 11.1 Å². The van der Waals surface area contributed by atoms with Gasteiger partial charge in [0, 0.05) is 17.6 Å². The van der Waals surface area contributed by atoms with Gasteiger partial charge in [-0.25, -0.2) is 8.42 Å². The van der Waals surface area contributed by atoms with Crippen LogP contribution in [0.5, 0.6) is 0 Å². The lowest BCUT2D eigenvalue weighted by Crippen LogP contribution is -2.07. The van der Waals surface area contributed by atoms with E-state index in [1.54, 1.807) is 18.2 Å². The van der Waals surface area contributed by atoms with Gasteiger partial charge in [0.1, 0.15) is 17.1 Å². The highest BCUT2D eigenvalue weighted by molar-refractivity contribution is 7.89. The third-order valence-corrected chi connectivity index (χ3v) is 4.04. The summed E-state index contributed by atoms with van der Waals surface area (Å²) < 4.78 is 28.5. The predicted molar refractivity (Wildman–Crippen MR) is 71.8 cm³/mol. The van der Waals surface area contributed by atoms with Crippen LogP contribution in [0.15, 0.2) is 28.7 Å². The van der Waals surface area contributed by atoms with Crippen molar-refractivity contribution in [2.24, 2.45) is 5.92 Å². The van der Waals surface area contributed by atoms with E-state index in [2.05, 4.69) is 0 Å². The molecule has 1 aromatic heterocycles. The first kappa shape index (κ1) is 12.4. The molecule has 0 aliphatic heterocycles. The Balaban J connectivity index is 2.19. The number of hydrogen-bond donors (Lipinski definition) is 0. The SMILES string of the molecule is CS(=O)(=O)Cc1oc2ccccc2c1C(=O)C1CC1. The minimum atomic E-state index is -3.23. The van der Waals surface area contributed by atoms with Crippen molar-refractivity contribution in [1.82, 2.24) is 0 Å². The number of fused-ring (bicyclic) bond motifs is 1. The Morgan fingerprint density at radius 3 is 2.63 bits per heavy atom. The fourth-order valence-electron chi connectivity index (χ4n) is 2.26. The smallest absolute Gasteiger partial charge is 0.170 e. The summed E-state index contributed by atoms with van der Waals surface area (Å²) in [5, 5.41) is 0.720. The van der Waals surface area contributed by atoms with Crippen molar-refractivity contribution in [2.45, 2.75) is 18.6 Å². The maximum absolute atomic E-state index is 12.3. The number of carbonyl (C=O) groups is 1. The molecule has 0 radical (unpaired) electrons. The molecule has 19 heavy (non-hydrogen) atoms. The van der Waals surface area contributed by atoms with Gasteiger partial charge in [-0.15, -0.1) is 0 Å². The summed E-state index contributed by atoms with van der Waals surface area (Å²) in [7, 11) is -3.23. The van der Waals surface area contributed by atoms with Gasteiger partial charge in [0.2, 0.25) is 0 Å². The molecule has 0 bridgehead atoms. The highest BCUT2D eigenvalue weighted by atomic mass is 32.2. The first-order chi connectivity index (χ1) is 8.96. The molecule has 2 aromatic rings. The fourth-order valence-corrected chi connectivity index (χ4v) is 2.94. The number of sulfone groups is 1. The number of hydrogen-bond acceptors (Lipinski definition) is 4. The van der Waals surface area contributed by atoms with Crippen molar-refractivity contribution in [2.75, 3.05) is 6.26 Å². The van der Waals surface area contributed by atoms with Crippen LogP contribution < -0.4 is 0 Å². The second kappa shape index (κ2) is 4.20. The van der Waals surface area contributed by atoms with Gasteiger partial charge in [-0.05, 0) is 18.9 Å². The number of benzene rings is 1. The van der Waals surface area contributed by atoms with Crippen LogP contribution in [0.25, 0.3) is 11.0 Å². The lowest BCUT2D eigenvalue weighted by molar-refractivity contribution is 0.0967. The van der Waals surface area contributed by atoms with Gasteiger partial charge in [-0.3, -0.25) is 4.79 Å². The Kier molecular flexibility index (Phi) is 2.74. The summed E-state index contributed by atoms with van der Waals surface area (Å²) in [4.78, 5) is 12.3. The maximum Gasteiger partial charge on any atom is 0.170 e. The summed E-state index contributed by atoms with van der Waals surface area (Å²) in [5.41, 5.74) is 1.04. The molecule has 0 unspecified atom stereocenters. The number of carbonyl (C=O) groups excluding carboxylic acids is 1. The zero-order valence-electron chi connectivity index (χ0n) is 10.5. The lowest BCUT2D eigenvalue weighted by Gasteiger charge is -2.00. The molecule has 5 heteroatoms. The van der Waals surface area contributed by atoms with E-state index in [-0.39, 0.29) is 23.2 Å². The molecule has 4 nitrogen and oxygen atoms in total. The Bertz CT molecular complexity index is 751. The molecule has 1 aliphatic carbocycles. The van der Waals surface area contributed by atoms with Gasteiger partial charge >= 0.3 is 0 Å². The average Bonchev–Trinajstić information content (AvgIpc) is 3.08. The quantitative estimate of drug-likeness (QED) is 0.806. The Morgan fingerprint density at radius 1 is 1.32 bits per heavy atom. The van der Waals surface area contributed by atoms with Gasteiger partial charge in [-0.2, -0.15) is 0 Å². The molecule has 0 atom stereocenters. The average molecular weight is 278 g/mol. The molecular weight excluding hydrogens is 264 g/mol. The van der Waals surface area contributed by atoms with E-state index in [4.69, 9.17) is 4.42 Å². The van der Waals surface area contributed by atoms with E-state index in [9.17, 15) is 13.2 Å². The van der Waals surface area contributed by atoms with Crippen molar-refractivity contribution in [3.05, 3.63) is 35.6 Å². The summed E-state index contributed by atoms with van der Waals surface area (Å²) in [6.45, 7) is 0. The van der Waals surface area contributed by atoms with Crippen molar-refractivity contribution in [3.63, 3.8) is 0 Å². The maximum atomic E-state index is 12.3. The minimum absolute atomic E-state index is 0.0172. The topological polar surface area (TPSA) is 64.3 Å². The number of Topliss-reactive ketones (excluding diaryl/α,β-unsaturated/α-hetero) is 1. The summed E-state index contributed by atoms with van der Waals surface area (Å²) >= 11 is 0. The van der Waals surface area contributed by atoms with Crippen LogP contribution in [0, 0.1) is 5.92 Å². The molecule has 1 aliphatic rings. The number of furan rings is 1. The van der Waals surface area contributed by atoms with Gasteiger partial charge < -0.3 is 4.42 Å². The third-order valence-electron chi connectivity index (χ3n) is 3.26. The zero-order valence-corrected chi connectivity index (χ0v) is 11.4. The molecule has 0 amide bonds. The highest BCUT2D eigenvalue weighted by Crippen LogP contribution is 2.37. The molecule has 1 fully saturated rings. The molecule has 1 saturated carbocycles. The van der Waals surface area contributed by atoms with Gasteiger partial charge in [0.15, 0.2) is 15.6 Å². The Hall–Kier alpha value is -1.62. The highest BCUT2D eigenvalue weighted by Gasteiger charge is 2.34. The van der Waals surface area contributed by atoms with E-state index in [1.807, 2.05) is 6.07 Å². The van der Waals surface area contributed by atoms with Crippen molar-refractivity contribution >= 4 is 26.6 Å². The molecule has 3 rings (SSSR count). The van der Waals surface area contributed by atoms with Crippen LogP contribution in [0.1, 0.15) is 29.0 Å². The largest absolute Gasteiger partial charge is 0.459 e. The molecule has 1 heterocycles. The molecule has 0 N–H and O–H groups in total. The van der Waals surface area contributed by atoms with Crippen molar-refractivity contribution in [3.8, 4) is 0 Å². The van der Waals surface area contributed by atoms with E-state index in [1.165, 1.54) is 0 Å². The molecular formula is C14H14O4S. The van der Waals surface area contributed by atoms with Crippen LogP contribution in [0.3, 0.4) is 0 Å². The van der Waals surface area contributed by atoms with E-state index >= 15 is 0 Å². The van der Waals surface area contributed by atoms with E-state index < -0.39 is 9.84 Å². The van der Waals surface area contributed by atoms with Crippen molar-refractivity contribution < 1.29 is 17.6 Å². The number of rotatable bonds is 4. The summed E-state index contributed by atoms with van der Waals surface area (Å²) in [6, 6.07) is 7.19. The number of ketones is 1. The van der Waals surface area contributed by atoms with E-state index in [0.717, 1.165) is 24.5 Å². The lowest BCUT2D eigenvalue weighted by atomic mass is 10.0. The van der Waals surface area contributed by atoms with Crippen LogP contribution in [-0.2, 0) is 15.6 Å². The zero-order chi connectivity index (χ0) is 13.6. The van der Waals surface area contributed by atoms with Gasteiger partial charge in [0.25, 0.3) is 0 Å². The fraction of sp³-hybridized carbons (Fsp3) is 0.357. The molecule has 1 aromatic carbocycles. The first-order valence-electron chi connectivity index (χ1n) is 6.18. The van der Waals surface area contributed by atoms with Gasteiger partial charge in [0.05, 0.1) is 5.56 Å². The molecule has 0 saturated heterocycles. The predicted octanol–water partition coefficient (Wildman–Crippen LogP) is 2.57. The standard InChI is InChI=1S/C14H14O4S/c1-19(16,17)8-12-13(14(15)9-6-7-9)10-4-2-3-5-11(10)18-12/h2-5,9H,6-8H2,1H3. The summed E-state index contributed by atoms with van der Waals surface area (Å²) in [5.74, 6) is 0.110. The van der Waals surface area contributed by atoms with Gasteiger partial charge in [-0.1, -0.05) is 18.2 Å². The second-order valence-corrected chi connectivity index (χ2v) is 7.25. The van der Waals surface area contributed by atoms with Crippen molar-refractivity contribution in [1.29, 1.82) is 0 Å². The summed E-state index contributed by atoms with van der Waals surface area (Å²) in [6.07, 6.45) is 2.92. The monoisotopic (exact) mass is 278 g/mol. The van der Waals surface area contributed by atoms with Crippen LogP contribution in [0.4, 0.5) is 0 Å². The van der Waals surface area contributed by atoms with Crippen LogP contribution in [-0.4, -0.2) is 20.5 Å².